The van der Waals surface area contributed by atoms with Crippen LogP contribution in [0.4, 0.5) is 19.0 Å². The molecule has 0 unspecified atom stereocenters. The molecule has 2 rings (SSSR count). The number of hydrogen-bond acceptors (Lipinski definition) is 3. The highest BCUT2D eigenvalue weighted by Crippen LogP contribution is 2.35. The number of hydrogen-bond donors (Lipinski definition) is 1. The summed E-state index contributed by atoms with van der Waals surface area (Å²) in [4.78, 5) is 6.05. The third kappa shape index (κ3) is 3.50. The zero-order valence-electron chi connectivity index (χ0n) is 11.2. The summed E-state index contributed by atoms with van der Waals surface area (Å²) in [6, 6.07) is 5.83. The van der Waals surface area contributed by atoms with Crippen LogP contribution in [0.25, 0.3) is 10.6 Å². The predicted molar refractivity (Wildman–Crippen MR) is 76.1 cm³/mol. The van der Waals surface area contributed by atoms with Gasteiger partial charge in [0.1, 0.15) is 5.82 Å². The van der Waals surface area contributed by atoms with Crippen LogP contribution in [0.15, 0.2) is 24.3 Å². The maximum atomic E-state index is 12.9. The standard InChI is InChI=1S/C14H15F3N2S/c1-3-6-18-13-8-10(14(15,16)17)7-11(19-13)12-5-4-9(2)20-12/h4-5,7-8H,3,6H2,1-2H3,(H,18,19). The van der Waals surface area contributed by atoms with Gasteiger partial charge in [-0.25, -0.2) is 4.98 Å². The van der Waals surface area contributed by atoms with Crippen molar-refractivity contribution in [1.29, 1.82) is 0 Å². The fraction of sp³-hybridized carbons (Fsp3) is 0.357. The van der Waals surface area contributed by atoms with E-state index in [-0.39, 0.29) is 5.82 Å². The fourth-order valence-corrected chi connectivity index (χ4v) is 2.56. The summed E-state index contributed by atoms with van der Waals surface area (Å²) in [7, 11) is 0. The van der Waals surface area contributed by atoms with Crippen molar-refractivity contribution in [2.45, 2.75) is 26.4 Å². The van der Waals surface area contributed by atoms with E-state index in [0.29, 0.717) is 12.2 Å². The highest BCUT2D eigenvalue weighted by Gasteiger charge is 2.31. The Hall–Kier alpha value is -1.56. The van der Waals surface area contributed by atoms with Crippen molar-refractivity contribution in [2.24, 2.45) is 0 Å². The van der Waals surface area contributed by atoms with E-state index >= 15 is 0 Å². The minimum atomic E-state index is -4.37. The van der Waals surface area contributed by atoms with Crippen LogP contribution in [0.5, 0.6) is 0 Å². The quantitative estimate of drug-likeness (QED) is 0.863. The molecule has 0 saturated heterocycles. The van der Waals surface area contributed by atoms with Gasteiger partial charge >= 0.3 is 6.18 Å². The first-order chi connectivity index (χ1) is 9.40. The molecular weight excluding hydrogens is 285 g/mol. The van der Waals surface area contributed by atoms with Gasteiger partial charge in [0.25, 0.3) is 0 Å². The number of nitrogens with one attached hydrogen (secondary N) is 1. The molecule has 0 saturated carbocycles. The average molecular weight is 300 g/mol. The molecule has 108 valence electrons. The van der Waals surface area contributed by atoms with Crippen molar-refractivity contribution in [3.63, 3.8) is 0 Å². The second-order valence-electron chi connectivity index (χ2n) is 4.46. The van der Waals surface area contributed by atoms with Gasteiger partial charge in [-0.15, -0.1) is 11.3 Å². The van der Waals surface area contributed by atoms with E-state index in [2.05, 4.69) is 10.3 Å². The van der Waals surface area contributed by atoms with Gasteiger partial charge < -0.3 is 5.32 Å². The smallest absolute Gasteiger partial charge is 0.370 e. The number of aryl methyl sites for hydroxylation is 1. The Morgan fingerprint density at radius 3 is 2.55 bits per heavy atom. The minimum Gasteiger partial charge on any atom is -0.370 e. The van der Waals surface area contributed by atoms with Crippen molar-refractivity contribution in [1.82, 2.24) is 4.98 Å². The highest BCUT2D eigenvalue weighted by atomic mass is 32.1. The van der Waals surface area contributed by atoms with E-state index in [1.165, 1.54) is 11.3 Å². The Labute approximate surface area is 119 Å². The summed E-state index contributed by atoms with van der Waals surface area (Å²) >= 11 is 1.44. The van der Waals surface area contributed by atoms with Crippen molar-refractivity contribution in [2.75, 3.05) is 11.9 Å². The molecule has 0 bridgehead atoms. The summed E-state index contributed by atoms with van der Waals surface area (Å²) < 4.78 is 38.8. The van der Waals surface area contributed by atoms with Crippen LogP contribution >= 0.6 is 11.3 Å². The van der Waals surface area contributed by atoms with E-state index in [4.69, 9.17) is 0 Å². The van der Waals surface area contributed by atoms with Crippen molar-refractivity contribution >= 4 is 17.2 Å². The topological polar surface area (TPSA) is 24.9 Å². The van der Waals surface area contributed by atoms with Crippen LogP contribution in [0.1, 0.15) is 23.8 Å². The molecule has 2 heterocycles. The van der Waals surface area contributed by atoms with Gasteiger partial charge in [-0.3, -0.25) is 0 Å². The Morgan fingerprint density at radius 2 is 2.00 bits per heavy atom. The molecule has 0 aliphatic rings. The first-order valence-electron chi connectivity index (χ1n) is 6.30. The Kier molecular flexibility index (Phi) is 4.32. The van der Waals surface area contributed by atoms with E-state index in [9.17, 15) is 13.2 Å². The van der Waals surface area contributed by atoms with Crippen LogP contribution in [0.2, 0.25) is 0 Å². The minimum absolute atomic E-state index is 0.266. The number of thiophene rings is 1. The lowest BCUT2D eigenvalue weighted by molar-refractivity contribution is -0.137. The third-order valence-electron chi connectivity index (χ3n) is 2.70. The highest BCUT2D eigenvalue weighted by molar-refractivity contribution is 7.15. The zero-order valence-corrected chi connectivity index (χ0v) is 12.0. The average Bonchev–Trinajstić information content (AvgIpc) is 2.82. The molecule has 0 fully saturated rings. The normalized spacial score (nSPS) is 11.7. The fourth-order valence-electron chi connectivity index (χ4n) is 1.74. The SMILES string of the molecule is CCCNc1cc(C(F)(F)F)cc(-c2ccc(C)s2)n1. The Balaban J connectivity index is 2.45. The molecule has 2 nitrogen and oxygen atoms in total. The molecule has 0 aliphatic carbocycles. The van der Waals surface area contributed by atoms with Gasteiger partial charge in [-0.05, 0) is 37.6 Å². The van der Waals surface area contributed by atoms with E-state index in [1.54, 1.807) is 6.07 Å². The molecular formula is C14H15F3N2S. The lowest BCUT2D eigenvalue weighted by Crippen LogP contribution is -2.09. The van der Waals surface area contributed by atoms with Crippen LogP contribution in [0, 0.1) is 6.92 Å². The summed E-state index contributed by atoms with van der Waals surface area (Å²) in [5.74, 6) is 0.266. The second kappa shape index (κ2) is 5.83. The molecule has 20 heavy (non-hydrogen) atoms. The van der Waals surface area contributed by atoms with Crippen LogP contribution in [0.3, 0.4) is 0 Å². The van der Waals surface area contributed by atoms with Crippen molar-refractivity contribution in [3.8, 4) is 10.6 Å². The number of pyridine rings is 1. The van der Waals surface area contributed by atoms with Gasteiger partial charge in [-0.1, -0.05) is 6.92 Å². The number of alkyl halides is 3. The van der Waals surface area contributed by atoms with Crippen LogP contribution < -0.4 is 5.32 Å². The largest absolute Gasteiger partial charge is 0.416 e. The molecule has 6 heteroatoms. The first-order valence-corrected chi connectivity index (χ1v) is 7.11. The summed E-state index contributed by atoms with van der Waals surface area (Å²) in [5, 5.41) is 2.92. The molecule has 2 aromatic rings. The number of anilines is 1. The maximum Gasteiger partial charge on any atom is 0.416 e. The number of halogens is 3. The molecule has 0 aliphatic heterocycles. The van der Waals surface area contributed by atoms with E-state index in [0.717, 1.165) is 28.3 Å². The van der Waals surface area contributed by atoms with Crippen molar-refractivity contribution in [3.05, 3.63) is 34.7 Å². The summed E-state index contributed by atoms with van der Waals surface area (Å²) in [6.07, 6.45) is -3.54. The monoisotopic (exact) mass is 300 g/mol. The maximum absolute atomic E-state index is 12.9. The van der Waals surface area contributed by atoms with Gasteiger partial charge in [0.15, 0.2) is 0 Å². The molecule has 0 atom stereocenters. The molecule has 0 aromatic carbocycles. The molecule has 0 radical (unpaired) electrons. The lowest BCUT2D eigenvalue weighted by Gasteiger charge is -2.12. The van der Waals surface area contributed by atoms with Crippen molar-refractivity contribution < 1.29 is 13.2 Å². The first kappa shape index (κ1) is 14.8. The third-order valence-corrected chi connectivity index (χ3v) is 3.72. The van der Waals surface area contributed by atoms with Gasteiger partial charge in [0, 0.05) is 11.4 Å². The predicted octanol–water partition coefficient (Wildman–Crippen LogP) is 4.96. The van der Waals surface area contributed by atoms with Crippen LogP contribution in [-0.4, -0.2) is 11.5 Å². The Bertz CT molecular complexity index is 590. The van der Waals surface area contributed by atoms with Gasteiger partial charge in [-0.2, -0.15) is 13.2 Å². The second-order valence-corrected chi connectivity index (χ2v) is 5.75. The molecule has 1 N–H and O–H groups in total. The summed E-state index contributed by atoms with van der Waals surface area (Å²) in [6.45, 7) is 4.46. The zero-order chi connectivity index (χ0) is 14.8. The number of nitrogens with zero attached hydrogens (tertiary/aromatic N) is 1. The van der Waals surface area contributed by atoms with Gasteiger partial charge in [0.2, 0.25) is 0 Å². The number of aromatic nitrogens is 1. The van der Waals surface area contributed by atoms with E-state index < -0.39 is 11.7 Å². The molecule has 2 aromatic heterocycles. The molecule has 0 amide bonds. The van der Waals surface area contributed by atoms with Gasteiger partial charge in [0.05, 0.1) is 16.1 Å². The number of rotatable bonds is 4. The lowest BCUT2D eigenvalue weighted by atomic mass is 10.2. The molecule has 0 spiro atoms. The Morgan fingerprint density at radius 1 is 1.25 bits per heavy atom. The summed E-state index contributed by atoms with van der Waals surface area (Å²) in [5.41, 5.74) is -0.316. The van der Waals surface area contributed by atoms with E-state index in [1.807, 2.05) is 19.9 Å². The van der Waals surface area contributed by atoms with Crippen LogP contribution in [-0.2, 0) is 6.18 Å².